The first kappa shape index (κ1) is 13.1. The fourth-order valence-corrected chi connectivity index (χ4v) is 2.40. The molecule has 18 heavy (non-hydrogen) atoms. The number of hydrogen-bond acceptors (Lipinski definition) is 3. The highest BCUT2D eigenvalue weighted by Gasteiger charge is 2.29. The number of anilines is 1. The number of ether oxygens (including phenoxy) is 1. The van der Waals surface area contributed by atoms with Crippen molar-refractivity contribution >= 4 is 5.69 Å². The molecule has 1 unspecified atom stereocenters. The van der Waals surface area contributed by atoms with Gasteiger partial charge in [-0.25, -0.2) is 4.39 Å². The number of methoxy groups -OCH3 is 1. The lowest BCUT2D eigenvalue weighted by Crippen LogP contribution is -2.58. The first-order valence-corrected chi connectivity index (χ1v) is 6.41. The minimum absolute atomic E-state index is 0.109. The molecule has 1 fully saturated rings. The van der Waals surface area contributed by atoms with E-state index in [4.69, 9.17) is 4.74 Å². The molecule has 4 heteroatoms. The second-order valence-electron chi connectivity index (χ2n) is 5.08. The lowest BCUT2D eigenvalue weighted by Gasteiger charge is -2.42. The lowest BCUT2D eigenvalue weighted by atomic mass is 9.95. The summed E-state index contributed by atoms with van der Waals surface area (Å²) in [5.41, 5.74) is 1.08. The van der Waals surface area contributed by atoms with Crippen molar-refractivity contribution in [3.8, 4) is 5.75 Å². The van der Waals surface area contributed by atoms with E-state index in [0.717, 1.165) is 31.7 Å². The zero-order valence-corrected chi connectivity index (χ0v) is 11.3. The minimum atomic E-state index is -0.260. The Hall–Kier alpha value is -1.29. The molecule has 1 aromatic carbocycles. The Morgan fingerprint density at radius 3 is 2.94 bits per heavy atom. The van der Waals surface area contributed by atoms with Gasteiger partial charge in [-0.05, 0) is 25.5 Å². The molecule has 0 bridgehead atoms. The molecule has 100 valence electrons. The van der Waals surface area contributed by atoms with Crippen LogP contribution in [0.3, 0.4) is 0 Å². The van der Waals surface area contributed by atoms with Crippen molar-refractivity contribution in [3.63, 3.8) is 0 Å². The third kappa shape index (κ3) is 2.58. The summed E-state index contributed by atoms with van der Waals surface area (Å²) in [5.74, 6) is 0.347. The number of nitrogens with one attached hydrogen (secondary N) is 1. The van der Waals surface area contributed by atoms with Crippen LogP contribution in [0.2, 0.25) is 0 Å². The van der Waals surface area contributed by atoms with E-state index in [1.165, 1.54) is 12.1 Å². The summed E-state index contributed by atoms with van der Waals surface area (Å²) in [6.07, 6.45) is 1.06. The largest absolute Gasteiger partial charge is 0.494 e. The molecule has 1 aliphatic rings. The van der Waals surface area contributed by atoms with Crippen LogP contribution in [0, 0.1) is 5.82 Å². The predicted octanol–water partition coefficient (Wildman–Crippen LogP) is 2.41. The van der Waals surface area contributed by atoms with E-state index in [0.29, 0.717) is 5.75 Å². The van der Waals surface area contributed by atoms with E-state index < -0.39 is 0 Å². The van der Waals surface area contributed by atoms with Gasteiger partial charge in [0.25, 0.3) is 0 Å². The molecular weight excluding hydrogens is 231 g/mol. The van der Waals surface area contributed by atoms with E-state index in [-0.39, 0.29) is 11.4 Å². The van der Waals surface area contributed by atoms with Gasteiger partial charge in [0, 0.05) is 31.2 Å². The highest BCUT2D eigenvalue weighted by atomic mass is 19.1. The van der Waals surface area contributed by atoms with Gasteiger partial charge < -0.3 is 15.0 Å². The van der Waals surface area contributed by atoms with Gasteiger partial charge in [0.1, 0.15) is 11.6 Å². The Kier molecular flexibility index (Phi) is 3.76. The van der Waals surface area contributed by atoms with Gasteiger partial charge in [0.15, 0.2) is 0 Å². The number of rotatable bonds is 3. The number of piperazine rings is 1. The molecule has 0 aliphatic carbocycles. The summed E-state index contributed by atoms with van der Waals surface area (Å²) >= 11 is 0. The molecule has 1 heterocycles. The van der Waals surface area contributed by atoms with Crippen molar-refractivity contribution in [2.45, 2.75) is 25.8 Å². The maximum atomic E-state index is 13.2. The molecule has 1 saturated heterocycles. The first-order valence-electron chi connectivity index (χ1n) is 6.41. The highest BCUT2D eigenvalue weighted by molar-refractivity contribution is 5.59. The van der Waals surface area contributed by atoms with Crippen LogP contribution in [-0.4, -0.2) is 32.3 Å². The number of benzene rings is 1. The second kappa shape index (κ2) is 5.14. The highest BCUT2D eigenvalue weighted by Crippen LogP contribution is 2.31. The molecule has 0 aromatic heterocycles. The fraction of sp³-hybridized carbons (Fsp3) is 0.571. The molecule has 1 N–H and O–H groups in total. The van der Waals surface area contributed by atoms with E-state index in [9.17, 15) is 4.39 Å². The average molecular weight is 252 g/mol. The molecule has 0 spiro atoms. The summed E-state index contributed by atoms with van der Waals surface area (Å²) in [7, 11) is 1.58. The Balaban J connectivity index is 2.25. The van der Waals surface area contributed by atoms with Crippen molar-refractivity contribution in [2.75, 3.05) is 31.6 Å². The number of halogens is 1. The van der Waals surface area contributed by atoms with Gasteiger partial charge in [0.05, 0.1) is 12.8 Å². The number of hydrogen-bond donors (Lipinski definition) is 1. The Labute approximate surface area is 108 Å². The molecule has 1 aliphatic heterocycles. The van der Waals surface area contributed by atoms with Crippen molar-refractivity contribution in [1.82, 2.24) is 5.32 Å². The van der Waals surface area contributed by atoms with Crippen LogP contribution in [0.4, 0.5) is 10.1 Å². The lowest BCUT2D eigenvalue weighted by molar-refractivity contribution is 0.312. The smallest absolute Gasteiger partial charge is 0.145 e. The zero-order valence-electron chi connectivity index (χ0n) is 11.3. The summed E-state index contributed by atoms with van der Waals surface area (Å²) < 4.78 is 18.5. The van der Waals surface area contributed by atoms with Crippen molar-refractivity contribution in [1.29, 1.82) is 0 Å². The van der Waals surface area contributed by atoms with Gasteiger partial charge in [-0.15, -0.1) is 0 Å². The molecule has 1 atom stereocenters. The van der Waals surface area contributed by atoms with Crippen molar-refractivity contribution < 1.29 is 9.13 Å². The molecule has 0 amide bonds. The first-order chi connectivity index (χ1) is 8.58. The monoisotopic (exact) mass is 252 g/mol. The Morgan fingerprint density at radius 1 is 1.50 bits per heavy atom. The molecule has 3 nitrogen and oxygen atoms in total. The molecule has 2 rings (SSSR count). The minimum Gasteiger partial charge on any atom is -0.494 e. The standard InChI is InChI=1S/C14H21FN2O/c1-4-14(2)10-17(8-7-16-14)12-6-5-11(15)9-13(12)18-3/h5-6,9,16H,4,7-8,10H2,1-3H3. The summed E-state index contributed by atoms with van der Waals surface area (Å²) in [5, 5.41) is 3.54. The quantitative estimate of drug-likeness (QED) is 0.894. The van der Waals surface area contributed by atoms with Gasteiger partial charge in [0.2, 0.25) is 0 Å². The fourth-order valence-electron chi connectivity index (χ4n) is 2.40. The van der Waals surface area contributed by atoms with Crippen LogP contribution < -0.4 is 15.0 Å². The third-order valence-electron chi connectivity index (χ3n) is 3.74. The molecule has 0 radical (unpaired) electrons. The Bertz CT molecular complexity index is 424. The van der Waals surface area contributed by atoms with Gasteiger partial charge >= 0.3 is 0 Å². The van der Waals surface area contributed by atoms with E-state index in [2.05, 4.69) is 24.1 Å². The van der Waals surface area contributed by atoms with Crippen molar-refractivity contribution in [2.24, 2.45) is 0 Å². The SMILES string of the molecule is CCC1(C)CN(c2ccc(F)cc2OC)CCN1. The summed E-state index contributed by atoms with van der Waals surface area (Å²) in [6.45, 7) is 7.15. The maximum Gasteiger partial charge on any atom is 0.145 e. The van der Waals surface area contributed by atoms with Crippen molar-refractivity contribution in [3.05, 3.63) is 24.0 Å². The number of nitrogens with zero attached hydrogens (tertiary/aromatic N) is 1. The summed E-state index contributed by atoms with van der Waals surface area (Å²) in [4.78, 5) is 2.26. The normalized spacial score (nSPS) is 24.1. The van der Waals surface area contributed by atoms with Crippen LogP contribution >= 0.6 is 0 Å². The maximum absolute atomic E-state index is 13.2. The van der Waals surface area contributed by atoms with E-state index in [1.807, 2.05) is 0 Å². The predicted molar refractivity (Wildman–Crippen MR) is 71.9 cm³/mol. The summed E-state index contributed by atoms with van der Waals surface area (Å²) in [6, 6.07) is 4.74. The van der Waals surface area contributed by atoms with Gasteiger partial charge in [-0.2, -0.15) is 0 Å². The van der Waals surface area contributed by atoms with E-state index in [1.54, 1.807) is 13.2 Å². The average Bonchev–Trinajstić information content (AvgIpc) is 2.38. The van der Waals surface area contributed by atoms with Crippen LogP contribution in [0.5, 0.6) is 5.75 Å². The Morgan fingerprint density at radius 2 is 2.28 bits per heavy atom. The van der Waals surface area contributed by atoms with E-state index >= 15 is 0 Å². The molecular formula is C14H21FN2O. The van der Waals surface area contributed by atoms with Crippen LogP contribution in [0.25, 0.3) is 0 Å². The second-order valence-corrected chi connectivity index (χ2v) is 5.08. The van der Waals surface area contributed by atoms with Gasteiger partial charge in [-0.1, -0.05) is 6.92 Å². The third-order valence-corrected chi connectivity index (χ3v) is 3.74. The van der Waals surface area contributed by atoms with Crippen LogP contribution in [0.15, 0.2) is 18.2 Å². The molecule has 0 saturated carbocycles. The molecule has 1 aromatic rings. The van der Waals surface area contributed by atoms with Crippen LogP contribution in [-0.2, 0) is 0 Å². The van der Waals surface area contributed by atoms with Crippen LogP contribution in [0.1, 0.15) is 20.3 Å². The topological polar surface area (TPSA) is 24.5 Å². The van der Waals surface area contributed by atoms with Gasteiger partial charge in [-0.3, -0.25) is 0 Å². The zero-order chi connectivity index (χ0) is 13.2.